The Balaban J connectivity index is 1.60. The molecule has 136 valence electrons. The zero-order valence-corrected chi connectivity index (χ0v) is 14.7. The molecule has 27 heavy (non-hydrogen) atoms. The van der Waals surface area contributed by atoms with Gasteiger partial charge in [0.25, 0.3) is 5.91 Å². The van der Waals surface area contributed by atoms with Gasteiger partial charge in [0.1, 0.15) is 18.9 Å². The molecule has 3 aromatic rings. The van der Waals surface area contributed by atoms with Gasteiger partial charge in [-0.15, -0.1) is 0 Å². The summed E-state index contributed by atoms with van der Waals surface area (Å²) in [7, 11) is 0. The molecule has 2 heterocycles. The van der Waals surface area contributed by atoms with Crippen molar-refractivity contribution in [2.45, 2.75) is 0 Å². The van der Waals surface area contributed by atoms with Crippen LogP contribution < -0.4 is 20.5 Å². The minimum Gasteiger partial charge on any atom is -0.486 e. The number of halogens is 1. The second-order valence-electron chi connectivity index (χ2n) is 5.80. The Bertz CT molecular complexity index is 1060. The third-order valence-electron chi connectivity index (χ3n) is 3.93. The number of nitrogens with zero attached hydrogens (tertiary/aromatic N) is 1. The number of carbonyl (C=O) groups is 1. The third-order valence-corrected chi connectivity index (χ3v) is 4.18. The molecule has 0 saturated heterocycles. The lowest BCUT2D eigenvalue weighted by atomic mass is 10.1. The number of nitrogens with one attached hydrogen (secondary N) is 2. The second kappa shape index (κ2) is 7.13. The number of H-pyrrole nitrogens is 1. The lowest BCUT2D eigenvalue weighted by Crippen LogP contribution is -2.21. The zero-order valence-electron chi connectivity index (χ0n) is 14.0. The number of hydrogen-bond acceptors (Lipinski definition) is 5. The van der Waals surface area contributed by atoms with Crippen LogP contribution in [0.2, 0.25) is 5.02 Å². The topological polar surface area (TPSA) is 93.3 Å². The summed E-state index contributed by atoms with van der Waals surface area (Å²) in [6.07, 6.45) is 0. The molecule has 0 saturated carbocycles. The molecule has 7 nitrogen and oxygen atoms in total. The van der Waals surface area contributed by atoms with E-state index in [1.54, 1.807) is 42.5 Å². The number of ether oxygens (including phenoxy) is 2. The standard InChI is InChI=1S/C19H14ClN3O4/c20-12-3-1-11(2-4-12)14-10-15(23-19(25)22-14)18(24)21-13-5-6-16-17(9-13)27-8-7-26-16/h1-6,9-10H,7-8H2,(H,21,24)(H,22,23,25). The van der Waals surface area contributed by atoms with E-state index in [1.165, 1.54) is 6.07 Å². The molecule has 1 amide bonds. The minimum absolute atomic E-state index is 0.0924. The Morgan fingerprint density at radius 2 is 1.78 bits per heavy atom. The number of amides is 1. The van der Waals surface area contributed by atoms with Crippen molar-refractivity contribution in [1.82, 2.24) is 9.97 Å². The number of benzene rings is 2. The van der Waals surface area contributed by atoms with Crippen LogP contribution >= 0.6 is 11.6 Å². The molecule has 0 bridgehead atoms. The molecular formula is C19H14ClN3O4. The lowest BCUT2D eigenvalue weighted by Gasteiger charge is -2.19. The molecule has 0 unspecified atom stereocenters. The van der Waals surface area contributed by atoms with E-state index >= 15 is 0 Å². The number of carbonyl (C=O) groups excluding carboxylic acids is 1. The van der Waals surface area contributed by atoms with Crippen LogP contribution in [0.4, 0.5) is 5.69 Å². The van der Waals surface area contributed by atoms with Crippen molar-refractivity contribution < 1.29 is 14.3 Å². The van der Waals surface area contributed by atoms with Crippen molar-refractivity contribution in [3.05, 3.63) is 69.7 Å². The number of rotatable bonds is 3. The van der Waals surface area contributed by atoms with Gasteiger partial charge >= 0.3 is 5.69 Å². The molecular weight excluding hydrogens is 370 g/mol. The highest BCUT2D eigenvalue weighted by atomic mass is 35.5. The van der Waals surface area contributed by atoms with Crippen molar-refractivity contribution in [2.24, 2.45) is 0 Å². The summed E-state index contributed by atoms with van der Waals surface area (Å²) in [6, 6.07) is 13.4. The maximum atomic E-state index is 12.6. The quantitative estimate of drug-likeness (QED) is 0.724. The molecule has 0 atom stereocenters. The average Bonchev–Trinajstić information content (AvgIpc) is 2.68. The van der Waals surface area contributed by atoms with Crippen molar-refractivity contribution >= 4 is 23.2 Å². The minimum atomic E-state index is -0.616. The number of hydrogen-bond donors (Lipinski definition) is 2. The van der Waals surface area contributed by atoms with Crippen LogP contribution in [0, 0.1) is 0 Å². The lowest BCUT2D eigenvalue weighted by molar-refractivity contribution is 0.102. The van der Waals surface area contributed by atoms with Gasteiger partial charge in [-0.3, -0.25) is 4.79 Å². The summed E-state index contributed by atoms with van der Waals surface area (Å²) in [5.41, 5.74) is 1.06. The molecule has 4 rings (SSSR count). The highest BCUT2D eigenvalue weighted by molar-refractivity contribution is 6.30. The molecule has 0 fully saturated rings. The summed E-state index contributed by atoms with van der Waals surface area (Å²) in [5, 5.41) is 3.30. The first-order valence-electron chi connectivity index (χ1n) is 8.17. The zero-order chi connectivity index (χ0) is 18.8. The Morgan fingerprint density at radius 3 is 2.56 bits per heavy atom. The summed E-state index contributed by atoms with van der Waals surface area (Å²) in [4.78, 5) is 30.8. The molecule has 0 aliphatic carbocycles. The van der Waals surface area contributed by atoms with E-state index in [9.17, 15) is 9.59 Å². The van der Waals surface area contributed by atoms with Crippen LogP contribution in [0.15, 0.2) is 53.3 Å². The smallest absolute Gasteiger partial charge is 0.346 e. The van der Waals surface area contributed by atoms with Gasteiger partial charge < -0.3 is 19.8 Å². The van der Waals surface area contributed by atoms with E-state index in [-0.39, 0.29) is 5.69 Å². The first-order chi connectivity index (χ1) is 13.1. The largest absolute Gasteiger partial charge is 0.486 e. The maximum Gasteiger partial charge on any atom is 0.346 e. The molecule has 1 aliphatic rings. The Kier molecular flexibility index (Phi) is 4.52. The highest BCUT2D eigenvalue weighted by Gasteiger charge is 2.15. The predicted molar refractivity (Wildman–Crippen MR) is 101 cm³/mol. The fourth-order valence-electron chi connectivity index (χ4n) is 2.67. The van der Waals surface area contributed by atoms with Crippen molar-refractivity contribution in [2.75, 3.05) is 18.5 Å². The van der Waals surface area contributed by atoms with Crippen LogP contribution in [-0.2, 0) is 0 Å². The molecule has 2 aromatic carbocycles. The first kappa shape index (κ1) is 17.1. The van der Waals surface area contributed by atoms with Crippen LogP contribution in [0.5, 0.6) is 11.5 Å². The van der Waals surface area contributed by atoms with Crippen LogP contribution in [0.3, 0.4) is 0 Å². The number of anilines is 1. The normalized spacial score (nSPS) is 12.5. The van der Waals surface area contributed by atoms with Crippen molar-refractivity contribution in [3.63, 3.8) is 0 Å². The summed E-state index contributed by atoms with van der Waals surface area (Å²) in [6.45, 7) is 0.941. The van der Waals surface area contributed by atoms with Crippen LogP contribution in [0.1, 0.15) is 10.5 Å². The van der Waals surface area contributed by atoms with Crippen LogP contribution in [0.25, 0.3) is 11.3 Å². The molecule has 0 radical (unpaired) electrons. The van der Waals surface area contributed by atoms with Crippen molar-refractivity contribution in [3.8, 4) is 22.8 Å². The van der Waals surface area contributed by atoms with E-state index in [2.05, 4.69) is 15.3 Å². The summed E-state index contributed by atoms with van der Waals surface area (Å²) < 4.78 is 11.0. The van der Waals surface area contributed by atoms with E-state index in [0.29, 0.717) is 46.7 Å². The van der Waals surface area contributed by atoms with Gasteiger partial charge in [0.15, 0.2) is 11.5 Å². The molecule has 2 N–H and O–H groups in total. The summed E-state index contributed by atoms with van der Waals surface area (Å²) in [5.74, 6) is 0.715. The van der Waals surface area contributed by atoms with E-state index < -0.39 is 11.6 Å². The average molecular weight is 384 g/mol. The SMILES string of the molecule is O=C(Nc1ccc2c(c1)OCCO2)c1cc(-c2ccc(Cl)cc2)nc(=O)[nH]1. The van der Waals surface area contributed by atoms with Gasteiger partial charge in [-0.1, -0.05) is 23.7 Å². The maximum absolute atomic E-state index is 12.6. The third kappa shape index (κ3) is 3.78. The molecule has 1 aromatic heterocycles. The Hall–Kier alpha value is -3.32. The molecule has 8 heteroatoms. The van der Waals surface area contributed by atoms with Gasteiger partial charge in [0.2, 0.25) is 0 Å². The number of aromatic amines is 1. The predicted octanol–water partition coefficient (Wildman–Crippen LogP) is 3.11. The summed E-state index contributed by atoms with van der Waals surface area (Å²) >= 11 is 5.88. The Morgan fingerprint density at radius 1 is 1.04 bits per heavy atom. The molecule has 0 spiro atoms. The van der Waals surface area contributed by atoms with E-state index in [4.69, 9.17) is 21.1 Å². The Labute approximate surface area is 158 Å². The fourth-order valence-corrected chi connectivity index (χ4v) is 2.79. The monoisotopic (exact) mass is 383 g/mol. The fraction of sp³-hybridized carbons (Fsp3) is 0.105. The second-order valence-corrected chi connectivity index (χ2v) is 6.24. The van der Waals surface area contributed by atoms with Gasteiger partial charge in [-0.2, -0.15) is 4.98 Å². The van der Waals surface area contributed by atoms with E-state index in [1.807, 2.05) is 0 Å². The number of aromatic nitrogens is 2. The van der Waals surface area contributed by atoms with Crippen molar-refractivity contribution in [1.29, 1.82) is 0 Å². The van der Waals surface area contributed by atoms with Gasteiger partial charge in [-0.25, -0.2) is 4.79 Å². The van der Waals surface area contributed by atoms with E-state index in [0.717, 1.165) is 0 Å². The van der Waals surface area contributed by atoms with Gasteiger partial charge in [-0.05, 0) is 30.3 Å². The number of fused-ring (bicyclic) bond motifs is 1. The first-order valence-corrected chi connectivity index (χ1v) is 8.54. The van der Waals surface area contributed by atoms with Crippen LogP contribution in [-0.4, -0.2) is 29.1 Å². The highest BCUT2D eigenvalue weighted by Crippen LogP contribution is 2.32. The molecule has 1 aliphatic heterocycles. The van der Waals surface area contributed by atoms with Gasteiger partial charge in [0, 0.05) is 22.3 Å². The van der Waals surface area contributed by atoms with Gasteiger partial charge in [0.05, 0.1) is 5.69 Å².